The Labute approximate surface area is 104 Å². The molecule has 0 amide bonds. The Morgan fingerprint density at radius 1 is 1.41 bits per heavy atom. The first-order valence-corrected chi connectivity index (χ1v) is 6.23. The molecule has 0 aliphatic carbocycles. The fraction of sp³-hybridized carbons (Fsp3) is 0.917. The minimum Gasteiger partial charge on any atom is -0.409 e. The molecule has 0 aromatic carbocycles. The Morgan fingerprint density at radius 2 is 2.06 bits per heavy atom. The number of hydrogen-bond acceptors (Lipinski definition) is 4. The maximum absolute atomic E-state index is 8.84. The van der Waals surface area contributed by atoms with Crippen LogP contribution in [-0.2, 0) is 0 Å². The number of unbranched alkanes of at least 4 members (excludes halogenated alkanes) is 1. The van der Waals surface area contributed by atoms with Crippen molar-refractivity contribution in [3.8, 4) is 0 Å². The summed E-state index contributed by atoms with van der Waals surface area (Å²) in [7, 11) is 0. The second-order valence-corrected chi connectivity index (χ2v) is 5.32. The van der Waals surface area contributed by atoms with Crippen LogP contribution < -0.4 is 11.1 Å². The Kier molecular flexibility index (Phi) is 7.91. The van der Waals surface area contributed by atoms with Crippen molar-refractivity contribution in [2.45, 2.75) is 40.0 Å². The third kappa shape index (κ3) is 7.18. The molecule has 0 rings (SSSR count). The SMILES string of the molecule is CC(CO)CNCCCCC(C)(C)C(N)=NO. The van der Waals surface area contributed by atoms with E-state index in [-0.39, 0.29) is 12.0 Å². The maximum atomic E-state index is 8.84. The molecule has 102 valence electrons. The van der Waals surface area contributed by atoms with E-state index in [1.165, 1.54) is 0 Å². The minimum absolute atomic E-state index is 0.226. The summed E-state index contributed by atoms with van der Waals surface area (Å²) in [4.78, 5) is 0. The average molecular weight is 245 g/mol. The minimum atomic E-state index is -0.243. The molecule has 0 bridgehead atoms. The van der Waals surface area contributed by atoms with Crippen molar-refractivity contribution in [1.29, 1.82) is 0 Å². The predicted octanol–water partition coefficient (Wildman–Crippen LogP) is 1.15. The number of aliphatic hydroxyl groups excluding tert-OH is 1. The van der Waals surface area contributed by atoms with Crippen LogP contribution in [0.2, 0.25) is 0 Å². The molecule has 0 radical (unpaired) electrons. The Hall–Kier alpha value is -0.810. The lowest BCUT2D eigenvalue weighted by Crippen LogP contribution is -2.32. The summed E-state index contributed by atoms with van der Waals surface area (Å²) in [5.41, 5.74) is 5.36. The molecule has 0 aromatic heterocycles. The van der Waals surface area contributed by atoms with Gasteiger partial charge in [-0.15, -0.1) is 0 Å². The summed E-state index contributed by atoms with van der Waals surface area (Å²) in [6.07, 6.45) is 2.99. The smallest absolute Gasteiger partial charge is 0.144 e. The zero-order valence-corrected chi connectivity index (χ0v) is 11.2. The molecule has 17 heavy (non-hydrogen) atoms. The molecule has 0 saturated carbocycles. The zero-order valence-electron chi connectivity index (χ0n) is 11.2. The molecule has 5 N–H and O–H groups in total. The molecule has 0 saturated heterocycles. The molecule has 5 nitrogen and oxygen atoms in total. The number of amidine groups is 1. The Balaban J connectivity index is 3.58. The molecular formula is C12H27N3O2. The van der Waals surface area contributed by atoms with E-state index in [2.05, 4.69) is 10.5 Å². The van der Waals surface area contributed by atoms with Crippen LogP contribution in [-0.4, -0.2) is 35.8 Å². The third-order valence-corrected chi connectivity index (χ3v) is 3.01. The molecule has 0 aliphatic heterocycles. The van der Waals surface area contributed by atoms with Crippen molar-refractivity contribution in [3.05, 3.63) is 0 Å². The van der Waals surface area contributed by atoms with E-state index in [0.717, 1.165) is 32.4 Å². The molecule has 1 unspecified atom stereocenters. The summed E-state index contributed by atoms with van der Waals surface area (Å²) in [6, 6.07) is 0. The lowest BCUT2D eigenvalue weighted by Gasteiger charge is -2.22. The summed E-state index contributed by atoms with van der Waals surface area (Å²) in [6.45, 7) is 7.97. The van der Waals surface area contributed by atoms with Gasteiger partial charge in [-0.25, -0.2) is 0 Å². The van der Waals surface area contributed by atoms with Crippen LogP contribution in [0.15, 0.2) is 5.16 Å². The van der Waals surface area contributed by atoms with Crippen molar-refractivity contribution in [1.82, 2.24) is 5.32 Å². The fourth-order valence-electron chi connectivity index (χ4n) is 1.49. The second kappa shape index (κ2) is 8.31. The Morgan fingerprint density at radius 3 is 2.59 bits per heavy atom. The van der Waals surface area contributed by atoms with Gasteiger partial charge in [0.05, 0.1) is 0 Å². The zero-order chi connectivity index (χ0) is 13.3. The van der Waals surface area contributed by atoms with Gasteiger partial charge < -0.3 is 21.4 Å². The predicted molar refractivity (Wildman–Crippen MR) is 70.2 cm³/mol. The number of nitrogens with two attached hydrogens (primary N) is 1. The highest BCUT2D eigenvalue weighted by atomic mass is 16.4. The molecule has 0 aromatic rings. The van der Waals surface area contributed by atoms with Crippen LogP contribution >= 0.6 is 0 Å². The lowest BCUT2D eigenvalue weighted by atomic mass is 9.86. The molecule has 0 aliphatic rings. The second-order valence-electron chi connectivity index (χ2n) is 5.32. The van der Waals surface area contributed by atoms with Crippen molar-refractivity contribution in [2.24, 2.45) is 22.2 Å². The van der Waals surface area contributed by atoms with Gasteiger partial charge in [-0.05, 0) is 31.8 Å². The first kappa shape index (κ1) is 16.2. The average Bonchev–Trinajstić information content (AvgIpc) is 2.31. The van der Waals surface area contributed by atoms with Gasteiger partial charge in [0, 0.05) is 12.0 Å². The van der Waals surface area contributed by atoms with E-state index >= 15 is 0 Å². The quantitative estimate of drug-likeness (QED) is 0.161. The Bertz CT molecular complexity index is 230. The summed E-state index contributed by atoms with van der Waals surface area (Å²) < 4.78 is 0. The van der Waals surface area contributed by atoms with Gasteiger partial charge in [0.25, 0.3) is 0 Å². The largest absolute Gasteiger partial charge is 0.409 e. The number of nitrogens with zero attached hydrogens (tertiary/aromatic N) is 1. The van der Waals surface area contributed by atoms with Gasteiger partial charge in [0.1, 0.15) is 5.84 Å². The summed E-state index contributed by atoms with van der Waals surface area (Å²) in [5, 5.41) is 23.8. The molecule has 1 atom stereocenters. The van der Waals surface area contributed by atoms with E-state index in [1.54, 1.807) is 0 Å². The summed E-state index contributed by atoms with van der Waals surface area (Å²) in [5.74, 6) is 0.600. The van der Waals surface area contributed by atoms with Gasteiger partial charge >= 0.3 is 0 Å². The molecule has 0 fully saturated rings. The van der Waals surface area contributed by atoms with Crippen LogP contribution in [0, 0.1) is 11.3 Å². The van der Waals surface area contributed by atoms with Crippen molar-refractivity contribution < 1.29 is 10.3 Å². The third-order valence-electron chi connectivity index (χ3n) is 3.01. The van der Waals surface area contributed by atoms with Gasteiger partial charge in [-0.2, -0.15) is 0 Å². The van der Waals surface area contributed by atoms with E-state index in [0.29, 0.717) is 11.8 Å². The highest BCUT2D eigenvalue weighted by Gasteiger charge is 2.22. The van der Waals surface area contributed by atoms with Crippen LogP contribution in [0.3, 0.4) is 0 Å². The van der Waals surface area contributed by atoms with Crippen molar-refractivity contribution >= 4 is 5.84 Å². The lowest BCUT2D eigenvalue weighted by molar-refractivity contribution is 0.233. The van der Waals surface area contributed by atoms with Crippen LogP contribution in [0.4, 0.5) is 0 Å². The standard InChI is InChI=1S/C12H27N3O2/c1-10(9-16)8-14-7-5-4-6-12(2,3)11(13)15-17/h10,14,16-17H,4-9H2,1-3H3,(H2,13,15). The topological polar surface area (TPSA) is 90.9 Å². The van der Waals surface area contributed by atoms with Crippen molar-refractivity contribution in [2.75, 3.05) is 19.7 Å². The first-order valence-electron chi connectivity index (χ1n) is 6.23. The first-order chi connectivity index (χ1) is 7.94. The van der Waals surface area contributed by atoms with Crippen LogP contribution in [0.5, 0.6) is 0 Å². The molecule has 0 spiro atoms. The molecular weight excluding hydrogens is 218 g/mol. The van der Waals surface area contributed by atoms with E-state index < -0.39 is 0 Å². The van der Waals surface area contributed by atoms with Gasteiger partial charge in [-0.3, -0.25) is 0 Å². The summed E-state index contributed by atoms with van der Waals surface area (Å²) >= 11 is 0. The van der Waals surface area contributed by atoms with Gasteiger partial charge in [0.2, 0.25) is 0 Å². The maximum Gasteiger partial charge on any atom is 0.144 e. The van der Waals surface area contributed by atoms with Crippen LogP contribution in [0.25, 0.3) is 0 Å². The normalized spacial score (nSPS) is 14.9. The number of rotatable bonds is 9. The van der Waals surface area contributed by atoms with Crippen molar-refractivity contribution in [3.63, 3.8) is 0 Å². The number of oxime groups is 1. The number of hydrogen-bond donors (Lipinski definition) is 4. The van der Waals surface area contributed by atoms with Gasteiger partial charge in [0.15, 0.2) is 0 Å². The fourth-order valence-corrected chi connectivity index (χ4v) is 1.49. The molecule has 0 heterocycles. The monoisotopic (exact) mass is 245 g/mol. The highest BCUT2D eigenvalue weighted by molar-refractivity contribution is 5.85. The number of aliphatic hydroxyl groups is 1. The highest BCUT2D eigenvalue weighted by Crippen LogP contribution is 2.22. The molecule has 5 heteroatoms. The van der Waals surface area contributed by atoms with Gasteiger partial charge in [-0.1, -0.05) is 32.3 Å². The van der Waals surface area contributed by atoms with Crippen LogP contribution in [0.1, 0.15) is 40.0 Å². The van der Waals surface area contributed by atoms with E-state index in [4.69, 9.17) is 16.0 Å². The van der Waals surface area contributed by atoms with E-state index in [1.807, 2.05) is 20.8 Å². The van der Waals surface area contributed by atoms with E-state index in [9.17, 15) is 0 Å². The number of nitrogens with one attached hydrogen (secondary N) is 1.